The Bertz CT molecular complexity index is 1890. The van der Waals surface area contributed by atoms with E-state index in [1.807, 2.05) is 18.2 Å². The molecule has 1 aliphatic heterocycles. The van der Waals surface area contributed by atoms with E-state index in [2.05, 4.69) is 15.7 Å². The molecule has 0 unspecified atom stereocenters. The van der Waals surface area contributed by atoms with Gasteiger partial charge in [0.2, 0.25) is 0 Å². The number of benzene rings is 2. The Morgan fingerprint density at radius 3 is 2.76 bits per heavy atom. The highest BCUT2D eigenvalue weighted by Gasteiger charge is 2.25. The second-order valence-electron chi connectivity index (χ2n) is 8.17. The monoisotopic (exact) mass is 530 g/mol. The molecule has 0 aliphatic carbocycles. The van der Waals surface area contributed by atoms with Crippen LogP contribution < -0.4 is 26.7 Å². The van der Waals surface area contributed by atoms with Gasteiger partial charge >= 0.3 is 5.63 Å². The average molecular weight is 531 g/mol. The number of nitrogens with one attached hydrogen (secondary N) is 2. The molecular weight excluding hydrogens is 512 g/mol. The van der Waals surface area contributed by atoms with Gasteiger partial charge in [0.1, 0.15) is 16.2 Å². The number of rotatable bonds is 4. The van der Waals surface area contributed by atoms with Crippen LogP contribution in [0.2, 0.25) is 0 Å². The number of fused-ring (bicyclic) bond motifs is 3. The number of nitrogens with zero attached hydrogens (tertiary/aromatic N) is 2. The maximum absolute atomic E-state index is 13.5. The molecule has 0 radical (unpaired) electrons. The zero-order valence-corrected chi connectivity index (χ0v) is 21.2. The Morgan fingerprint density at radius 2 is 1.92 bits per heavy atom. The summed E-state index contributed by atoms with van der Waals surface area (Å²) in [5.74, 6) is 0.168. The van der Waals surface area contributed by atoms with Gasteiger partial charge < -0.3 is 14.5 Å². The number of thioether (sulfide) groups is 1. The van der Waals surface area contributed by atoms with Gasteiger partial charge in [0.25, 0.3) is 11.5 Å². The third kappa shape index (κ3) is 3.88. The summed E-state index contributed by atoms with van der Waals surface area (Å²) < 4.78 is 12.1. The van der Waals surface area contributed by atoms with Crippen molar-refractivity contribution in [3.8, 4) is 5.75 Å². The van der Waals surface area contributed by atoms with Crippen LogP contribution >= 0.6 is 23.1 Å². The molecule has 6 rings (SSSR count). The topological polar surface area (TPSA) is 115 Å². The van der Waals surface area contributed by atoms with Crippen LogP contribution in [-0.2, 0) is 0 Å². The lowest BCUT2D eigenvalue weighted by Gasteiger charge is -2.19. The quantitative estimate of drug-likeness (QED) is 0.252. The van der Waals surface area contributed by atoms with E-state index >= 15 is 0 Å². The van der Waals surface area contributed by atoms with Crippen molar-refractivity contribution >= 4 is 61.6 Å². The van der Waals surface area contributed by atoms with Gasteiger partial charge in [-0.05, 0) is 36.8 Å². The van der Waals surface area contributed by atoms with E-state index in [0.717, 1.165) is 16.7 Å². The second kappa shape index (κ2) is 8.95. The fraction of sp³-hybridized carbons (Fsp3) is 0.0769. The molecule has 2 N–H and O–H groups in total. The van der Waals surface area contributed by atoms with Gasteiger partial charge in [-0.2, -0.15) is 4.68 Å². The minimum absolute atomic E-state index is 0.294. The Balaban J connectivity index is 1.38. The van der Waals surface area contributed by atoms with E-state index in [9.17, 15) is 14.4 Å². The van der Waals surface area contributed by atoms with E-state index in [-0.39, 0.29) is 11.5 Å². The molecule has 11 heteroatoms. The molecule has 37 heavy (non-hydrogen) atoms. The summed E-state index contributed by atoms with van der Waals surface area (Å²) in [5.41, 5.74) is 4.36. The highest BCUT2D eigenvalue weighted by Crippen LogP contribution is 2.33. The van der Waals surface area contributed by atoms with Gasteiger partial charge in [0, 0.05) is 10.8 Å². The van der Waals surface area contributed by atoms with E-state index in [1.54, 1.807) is 48.7 Å². The number of carbonyl (C=O) groups is 1. The number of methoxy groups -OCH3 is 1. The number of carbonyl (C=O) groups excluding carboxylic acids is 1. The summed E-state index contributed by atoms with van der Waals surface area (Å²) in [6, 6.07) is 16.0. The summed E-state index contributed by atoms with van der Waals surface area (Å²) in [7, 11) is 1.53. The average Bonchev–Trinajstić information content (AvgIpc) is 3.25. The number of aromatic nitrogens is 2. The molecule has 0 atom stereocenters. The van der Waals surface area contributed by atoms with E-state index in [0.29, 0.717) is 54.1 Å². The first-order valence-electron chi connectivity index (χ1n) is 11.1. The number of amides is 1. The highest BCUT2D eigenvalue weighted by molar-refractivity contribution is 8.02. The van der Waals surface area contributed by atoms with Crippen molar-refractivity contribution in [1.29, 1.82) is 0 Å². The Kier molecular flexibility index (Phi) is 5.58. The molecule has 184 valence electrons. The Morgan fingerprint density at radius 1 is 1.14 bits per heavy atom. The van der Waals surface area contributed by atoms with E-state index < -0.39 is 5.63 Å². The largest absolute Gasteiger partial charge is 0.495 e. The highest BCUT2D eigenvalue weighted by atomic mass is 32.2. The maximum atomic E-state index is 13.5. The lowest BCUT2D eigenvalue weighted by Crippen LogP contribution is -2.33. The third-order valence-corrected chi connectivity index (χ3v) is 7.96. The summed E-state index contributed by atoms with van der Waals surface area (Å²) in [5, 5.41) is 6.05. The molecule has 3 aromatic heterocycles. The molecule has 1 amide bonds. The number of hydrogen-bond acceptors (Lipinski definition) is 9. The molecule has 9 nitrogen and oxygen atoms in total. The molecule has 5 aromatic rings. The first-order chi connectivity index (χ1) is 17.9. The summed E-state index contributed by atoms with van der Waals surface area (Å²) in [4.78, 5) is 44.8. The van der Waals surface area contributed by atoms with E-state index in [4.69, 9.17) is 9.15 Å². The predicted octanol–water partition coefficient (Wildman–Crippen LogP) is 4.78. The molecule has 0 fully saturated rings. The number of anilines is 1. The van der Waals surface area contributed by atoms with Crippen molar-refractivity contribution in [3.63, 3.8) is 0 Å². The van der Waals surface area contributed by atoms with Gasteiger partial charge in [-0.1, -0.05) is 42.1 Å². The number of aryl methyl sites for hydroxylation is 1. The van der Waals surface area contributed by atoms with Crippen molar-refractivity contribution in [2.45, 2.75) is 12.1 Å². The van der Waals surface area contributed by atoms with Gasteiger partial charge in [0.05, 0.1) is 34.3 Å². The fourth-order valence-electron chi connectivity index (χ4n) is 4.12. The summed E-state index contributed by atoms with van der Waals surface area (Å²) in [6.45, 7) is 1.72. The van der Waals surface area contributed by atoms with Crippen molar-refractivity contribution in [3.05, 3.63) is 96.8 Å². The molecule has 0 spiro atoms. The molecular formula is C26H18N4O5S2. The third-order valence-electron chi connectivity index (χ3n) is 5.94. The molecule has 0 saturated heterocycles. The Labute approximate surface area is 217 Å². The standard InChI is InChI=1S/C26H18N4O5S2/c1-13-20-23(37-21(13)22(31)27-16-8-4-6-10-19(16)34-2)28-26-30(24(20)32)29-17(12-36-26)15-11-14-7-3-5-9-18(14)35-25(15)33/h3-12,29H,1-2H3,(H,27,31). The molecule has 4 heterocycles. The van der Waals surface area contributed by atoms with Gasteiger partial charge in [-0.25, -0.2) is 9.78 Å². The molecule has 0 saturated carbocycles. The van der Waals surface area contributed by atoms with Crippen molar-refractivity contribution in [2.24, 2.45) is 0 Å². The SMILES string of the molecule is COc1ccccc1NC(=O)c1sc2nc3n(c(=O)c2c1C)NC(c1cc2ccccc2oc1=O)=CS3. The van der Waals surface area contributed by atoms with Crippen LogP contribution in [-0.4, -0.2) is 22.7 Å². The number of hydrogen-bond donors (Lipinski definition) is 2. The summed E-state index contributed by atoms with van der Waals surface area (Å²) in [6.07, 6.45) is 0. The smallest absolute Gasteiger partial charge is 0.345 e. The van der Waals surface area contributed by atoms with Gasteiger partial charge in [-0.3, -0.25) is 15.0 Å². The van der Waals surface area contributed by atoms with Crippen LogP contribution in [0.4, 0.5) is 5.69 Å². The number of ether oxygens (including phenoxy) is 1. The lowest BCUT2D eigenvalue weighted by molar-refractivity contribution is 0.102. The van der Waals surface area contributed by atoms with Crippen LogP contribution in [0.15, 0.2) is 79.2 Å². The first-order valence-corrected chi connectivity index (χ1v) is 12.8. The molecule has 2 aromatic carbocycles. The van der Waals surface area contributed by atoms with Crippen molar-refractivity contribution in [2.75, 3.05) is 17.9 Å². The molecule has 1 aliphatic rings. The van der Waals surface area contributed by atoms with Crippen LogP contribution in [0.25, 0.3) is 26.9 Å². The Hall–Kier alpha value is -4.35. The first kappa shape index (κ1) is 23.1. The minimum Gasteiger partial charge on any atom is -0.495 e. The predicted molar refractivity (Wildman–Crippen MR) is 145 cm³/mol. The summed E-state index contributed by atoms with van der Waals surface area (Å²) >= 11 is 2.35. The second-order valence-corrected chi connectivity index (χ2v) is 10.0. The number of para-hydroxylation sites is 3. The van der Waals surface area contributed by atoms with Crippen LogP contribution in [0.3, 0.4) is 0 Å². The zero-order valence-electron chi connectivity index (χ0n) is 19.5. The fourth-order valence-corrected chi connectivity index (χ4v) is 6.02. The minimum atomic E-state index is -0.523. The van der Waals surface area contributed by atoms with E-state index in [1.165, 1.54) is 23.5 Å². The van der Waals surface area contributed by atoms with Gasteiger partial charge in [0.15, 0.2) is 5.16 Å². The molecule has 0 bridgehead atoms. The lowest BCUT2D eigenvalue weighted by atomic mass is 10.1. The van der Waals surface area contributed by atoms with Crippen molar-refractivity contribution < 1.29 is 13.9 Å². The van der Waals surface area contributed by atoms with Crippen molar-refractivity contribution in [1.82, 2.24) is 9.66 Å². The van der Waals surface area contributed by atoms with Crippen LogP contribution in [0.5, 0.6) is 5.75 Å². The van der Waals surface area contributed by atoms with Crippen LogP contribution in [0, 0.1) is 6.92 Å². The van der Waals surface area contributed by atoms with Gasteiger partial charge in [-0.15, -0.1) is 11.3 Å². The van der Waals surface area contributed by atoms with Crippen LogP contribution in [0.1, 0.15) is 20.8 Å². The maximum Gasteiger partial charge on any atom is 0.345 e. The normalized spacial score (nSPS) is 12.6. The zero-order chi connectivity index (χ0) is 25.7. The number of thiophene rings is 1.